The molecule has 36 heavy (non-hydrogen) atoms. The largest absolute Gasteiger partial charge is 0.335 e. The van der Waals surface area contributed by atoms with Gasteiger partial charge in [0.1, 0.15) is 0 Å². The molecule has 4 nitrogen and oxygen atoms in total. The van der Waals surface area contributed by atoms with Crippen LogP contribution in [0.1, 0.15) is 5.56 Å². The number of hydrogen-bond acceptors (Lipinski definition) is 4. The molecule has 0 fully saturated rings. The molecule has 7 rings (SSSR count). The number of hydrogen-bond donors (Lipinski definition) is 0. The van der Waals surface area contributed by atoms with E-state index in [0.717, 1.165) is 51.0 Å². The molecule has 0 atom stereocenters. The fraction of sp³-hybridized carbons (Fsp3) is 0.0312. The van der Waals surface area contributed by atoms with E-state index < -0.39 is 0 Å². The number of fused-ring (bicyclic) bond motifs is 6. The maximum absolute atomic E-state index is 5.07. The number of anilines is 2. The second kappa shape index (κ2) is 8.14. The highest BCUT2D eigenvalue weighted by atomic mass is 15.2. The lowest BCUT2D eigenvalue weighted by molar-refractivity contribution is 0.961. The minimum atomic E-state index is 0.763. The molecular formula is C32H22N4. The Labute approximate surface area is 209 Å². The summed E-state index contributed by atoms with van der Waals surface area (Å²) in [4.78, 5) is 16.3. The van der Waals surface area contributed by atoms with E-state index in [1.807, 2.05) is 24.4 Å². The molecule has 0 radical (unpaired) electrons. The van der Waals surface area contributed by atoms with Gasteiger partial charge < -0.3 is 4.90 Å². The highest BCUT2D eigenvalue weighted by Crippen LogP contribution is 2.46. The van der Waals surface area contributed by atoms with Gasteiger partial charge in [0.25, 0.3) is 0 Å². The second-order valence-corrected chi connectivity index (χ2v) is 9.03. The fourth-order valence-corrected chi connectivity index (χ4v) is 5.24. The van der Waals surface area contributed by atoms with Crippen molar-refractivity contribution in [2.75, 3.05) is 4.90 Å². The molecule has 0 saturated heterocycles. The minimum Gasteiger partial charge on any atom is -0.335 e. The highest BCUT2D eigenvalue weighted by Gasteiger charge is 2.24. The highest BCUT2D eigenvalue weighted by molar-refractivity contribution is 6.03. The molecular weight excluding hydrogens is 440 g/mol. The Morgan fingerprint density at radius 2 is 1.47 bits per heavy atom. The average molecular weight is 463 g/mol. The zero-order valence-electron chi connectivity index (χ0n) is 19.6. The molecule has 0 bridgehead atoms. The Morgan fingerprint density at radius 1 is 0.694 bits per heavy atom. The molecule has 2 aromatic heterocycles. The first-order chi connectivity index (χ1) is 17.8. The average Bonchev–Trinajstić information content (AvgIpc) is 2.96. The zero-order chi connectivity index (χ0) is 24.1. The Balaban J connectivity index is 1.37. The van der Waals surface area contributed by atoms with E-state index in [4.69, 9.17) is 4.98 Å². The summed E-state index contributed by atoms with van der Waals surface area (Å²) < 4.78 is 0. The van der Waals surface area contributed by atoms with Crippen LogP contribution < -0.4 is 4.90 Å². The lowest BCUT2D eigenvalue weighted by Crippen LogP contribution is -2.21. The summed E-state index contributed by atoms with van der Waals surface area (Å²) in [5.41, 5.74) is 10.7. The van der Waals surface area contributed by atoms with Crippen LogP contribution in [-0.4, -0.2) is 16.7 Å². The number of aromatic nitrogens is 2. The summed E-state index contributed by atoms with van der Waals surface area (Å²) >= 11 is 0. The Kier molecular flexibility index (Phi) is 4.64. The van der Waals surface area contributed by atoms with Crippen molar-refractivity contribution in [1.29, 1.82) is 0 Å². The smallest absolute Gasteiger partial charge is 0.0972 e. The molecule has 6 aromatic rings. The van der Waals surface area contributed by atoms with Crippen molar-refractivity contribution in [3.63, 3.8) is 0 Å². The third-order valence-corrected chi connectivity index (χ3v) is 6.99. The molecule has 0 saturated carbocycles. The fourth-order valence-electron chi connectivity index (χ4n) is 5.24. The van der Waals surface area contributed by atoms with Gasteiger partial charge in [0.2, 0.25) is 0 Å². The maximum Gasteiger partial charge on any atom is 0.0972 e. The quantitative estimate of drug-likeness (QED) is 0.197. The van der Waals surface area contributed by atoms with Crippen molar-refractivity contribution in [2.24, 2.45) is 4.99 Å². The van der Waals surface area contributed by atoms with Crippen LogP contribution in [0.25, 0.3) is 44.2 Å². The van der Waals surface area contributed by atoms with Gasteiger partial charge in [-0.1, -0.05) is 66.7 Å². The number of para-hydroxylation sites is 3. The monoisotopic (exact) mass is 462 g/mol. The predicted octanol–water partition coefficient (Wildman–Crippen LogP) is 8.10. The topological polar surface area (TPSA) is 41.4 Å². The number of aliphatic imine (C=N–C) groups is 1. The van der Waals surface area contributed by atoms with E-state index in [9.17, 15) is 0 Å². The van der Waals surface area contributed by atoms with Crippen molar-refractivity contribution < 1.29 is 0 Å². The third kappa shape index (κ3) is 3.19. The molecule has 4 aromatic carbocycles. The number of benzene rings is 4. The van der Waals surface area contributed by atoms with Gasteiger partial charge in [0.15, 0.2) is 0 Å². The molecule has 1 aliphatic heterocycles. The first-order valence-corrected chi connectivity index (χ1v) is 12.0. The van der Waals surface area contributed by atoms with Crippen molar-refractivity contribution in [2.45, 2.75) is 6.54 Å². The first-order valence-electron chi connectivity index (χ1n) is 12.0. The van der Waals surface area contributed by atoms with E-state index in [-0.39, 0.29) is 0 Å². The van der Waals surface area contributed by atoms with Crippen LogP contribution in [0.3, 0.4) is 0 Å². The minimum absolute atomic E-state index is 0.763. The molecule has 4 heteroatoms. The molecule has 1 aliphatic rings. The van der Waals surface area contributed by atoms with Crippen molar-refractivity contribution >= 4 is 45.6 Å². The van der Waals surface area contributed by atoms with Gasteiger partial charge in [-0.25, -0.2) is 4.98 Å². The SMILES string of the molecule is C=Nc1ccccc1N1Cc2ccc(-c3ccc4ccc5cccnc5c4n3)cc2-c2ccccc21. The van der Waals surface area contributed by atoms with E-state index >= 15 is 0 Å². The second-order valence-electron chi connectivity index (χ2n) is 9.03. The molecule has 3 heterocycles. The Hall–Kier alpha value is -4.83. The Bertz CT molecular complexity index is 1800. The van der Waals surface area contributed by atoms with Crippen LogP contribution >= 0.6 is 0 Å². The maximum atomic E-state index is 5.07. The summed E-state index contributed by atoms with van der Waals surface area (Å²) in [6, 6.07) is 35.9. The first kappa shape index (κ1) is 20.5. The molecule has 170 valence electrons. The molecule has 0 spiro atoms. The van der Waals surface area contributed by atoms with Gasteiger partial charge in [0, 0.05) is 40.3 Å². The van der Waals surface area contributed by atoms with Gasteiger partial charge >= 0.3 is 0 Å². The summed E-state index contributed by atoms with van der Waals surface area (Å²) in [5.74, 6) is 0. The van der Waals surface area contributed by atoms with Gasteiger partial charge in [0.05, 0.1) is 28.1 Å². The lowest BCUT2D eigenvalue weighted by atomic mass is 9.90. The van der Waals surface area contributed by atoms with Crippen molar-refractivity contribution in [3.05, 3.63) is 115 Å². The van der Waals surface area contributed by atoms with Gasteiger partial charge in [-0.05, 0) is 54.2 Å². The van der Waals surface area contributed by atoms with Gasteiger partial charge in [-0.2, -0.15) is 0 Å². The molecule has 0 N–H and O–H groups in total. The number of nitrogens with zero attached hydrogens (tertiary/aromatic N) is 4. The van der Waals surface area contributed by atoms with Crippen LogP contribution in [0.2, 0.25) is 0 Å². The van der Waals surface area contributed by atoms with E-state index in [1.165, 1.54) is 22.4 Å². The van der Waals surface area contributed by atoms with Gasteiger partial charge in [-0.15, -0.1) is 0 Å². The van der Waals surface area contributed by atoms with Crippen LogP contribution in [-0.2, 0) is 6.54 Å². The van der Waals surface area contributed by atoms with Crippen LogP contribution in [0.15, 0.2) is 114 Å². The molecule has 0 aliphatic carbocycles. The van der Waals surface area contributed by atoms with Crippen LogP contribution in [0, 0.1) is 0 Å². The normalized spacial score (nSPS) is 12.4. The summed E-state index contributed by atoms with van der Waals surface area (Å²) in [6.07, 6.45) is 1.83. The predicted molar refractivity (Wildman–Crippen MR) is 149 cm³/mol. The Morgan fingerprint density at radius 3 is 2.36 bits per heavy atom. The molecule has 0 unspecified atom stereocenters. The van der Waals surface area contributed by atoms with Crippen molar-refractivity contribution in [3.8, 4) is 22.4 Å². The van der Waals surface area contributed by atoms with Crippen LogP contribution in [0.5, 0.6) is 0 Å². The van der Waals surface area contributed by atoms with E-state index in [1.54, 1.807) is 0 Å². The third-order valence-electron chi connectivity index (χ3n) is 6.99. The summed E-state index contributed by atoms with van der Waals surface area (Å²) in [7, 11) is 0. The standard InChI is InChI=1S/C32H22N4/c1-33-28-9-3-5-11-30(28)36-20-24-15-14-23(19-26(24)25-8-2-4-10-29(25)36)27-17-16-22-13-12-21-7-6-18-34-31(21)32(22)35-27/h2-19H,1,20H2. The molecule has 0 amide bonds. The summed E-state index contributed by atoms with van der Waals surface area (Å²) in [5, 5.41) is 2.20. The zero-order valence-corrected chi connectivity index (χ0v) is 19.6. The number of rotatable bonds is 3. The van der Waals surface area contributed by atoms with E-state index in [0.29, 0.717) is 0 Å². The lowest BCUT2D eigenvalue weighted by Gasteiger charge is -2.33. The van der Waals surface area contributed by atoms with Crippen LogP contribution in [0.4, 0.5) is 17.1 Å². The van der Waals surface area contributed by atoms with Crippen molar-refractivity contribution in [1.82, 2.24) is 9.97 Å². The summed E-state index contributed by atoms with van der Waals surface area (Å²) in [6.45, 7) is 4.55. The number of pyridine rings is 2. The van der Waals surface area contributed by atoms with Gasteiger partial charge in [-0.3, -0.25) is 9.98 Å². The van der Waals surface area contributed by atoms with E-state index in [2.05, 4.69) is 107 Å².